The van der Waals surface area contributed by atoms with Crippen LogP contribution in [-0.2, 0) is 4.74 Å². The van der Waals surface area contributed by atoms with Gasteiger partial charge in [-0.2, -0.15) is 5.26 Å². The van der Waals surface area contributed by atoms with Crippen LogP contribution < -0.4 is 4.74 Å². The molecule has 3 heteroatoms. The van der Waals surface area contributed by atoms with Crippen molar-refractivity contribution >= 4 is 0 Å². The maximum atomic E-state index is 8.59. The Bertz CT molecular complexity index is 360. The van der Waals surface area contributed by atoms with Gasteiger partial charge >= 0.3 is 0 Å². The Morgan fingerprint density at radius 3 is 2.64 bits per heavy atom. The topological polar surface area (TPSA) is 45.5 Å². The highest BCUT2D eigenvalue weighted by molar-refractivity contribution is 5.34. The molecule has 14 heavy (non-hydrogen) atoms. The second-order valence-corrected chi connectivity index (χ2v) is 3.66. The van der Waals surface area contributed by atoms with Gasteiger partial charge in [-0.15, -0.1) is 0 Å². The van der Waals surface area contributed by atoms with Crippen LogP contribution in [0.1, 0.15) is 12.5 Å². The van der Waals surface area contributed by atoms with Gasteiger partial charge in [-0.3, -0.25) is 0 Å². The lowest BCUT2D eigenvalue weighted by Gasteiger charge is -2.08. The summed E-state index contributed by atoms with van der Waals surface area (Å²) >= 11 is 0. The van der Waals surface area contributed by atoms with E-state index in [1.807, 2.05) is 6.92 Å². The van der Waals surface area contributed by atoms with Crippen LogP contribution in [0.15, 0.2) is 24.3 Å². The highest BCUT2D eigenvalue weighted by Gasteiger charge is 2.40. The van der Waals surface area contributed by atoms with Crippen LogP contribution in [0.4, 0.5) is 0 Å². The number of nitrogens with zero attached hydrogens (tertiary/aromatic N) is 1. The summed E-state index contributed by atoms with van der Waals surface area (Å²) in [5, 5.41) is 8.59. The molecular weight excluding hydrogens is 178 g/mol. The van der Waals surface area contributed by atoms with Gasteiger partial charge in [0.2, 0.25) is 0 Å². The molecule has 0 bridgehead atoms. The molecule has 0 radical (unpaired) electrons. The van der Waals surface area contributed by atoms with E-state index < -0.39 is 0 Å². The molecule has 0 unspecified atom stereocenters. The summed E-state index contributed by atoms with van der Waals surface area (Å²) in [5.41, 5.74) is 0.555. The average molecular weight is 189 g/mol. The van der Waals surface area contributed by atoms with Gasteiger partial charge in [-0.25, -0.2) is 0 Å². The minimum atomic E-state index is -0.0894. The Morgan fingerprint density at radius 1 is 1.50 bits per heavy atom. The third-order valence-corrected chi connectivity index (χ3v) is 2.16. The number of ether oxygens (including phenoxy) is 2. The van der Waals surface area contributed by atoms with E-state index in [-0.39, 0.29) is 5.60 Å². The Labute approximate surface area is 82.9 Å². The lowest BCUT2D eigenvalue weighted by molar-refractivity contribution is 0.202. The fraction of sp³-hybridized carbons (Fsp3) is 0.364. The van der Waals surface area contributed by atoms with Gasteiger partial charge in [-0.1, -0.05) is 0 Å². The second kappa shape index (κ2) is 3.32. The molecule has 0 aliphatic carbocycles. The van der Waals surface area contributed by atoms with Gasteiger partial charge in [0.05, 0.1) is 18.2 Å². The zero-order chi connectivity index (χ0) is 10.0. The molecule has 2 rings (SSSR count). The second-order valence-electron chi connectivity index (χ2n) is 3.66. The quantitative estimate of drug-likeness (QED) is 0.680. The van der Waals surface area contributed by atoms with Gasteiger partial charge < -0.3 is 9.47 Å². The Kier molecular flexibility index (Phi) is 2.14. The largest absolute Gasteiger partial charge is 0.491 e. The zero-order valence-electron chi connectivity index (χ0n) is 7.99. The number of nitriles is 1. The SMILES string of the molecule is C[C@@]1(COc2ccc(C#N)cc2)CO1. The van der Waals surface area contributed by atoms with E-state index in [0.29, 0.717) is 12.2 Å². The van der Waals surface area contributed by atoms with Crippen molar-refractivity contribution in [1.29, 1.82) is 5.26 Å². The molecule has 0 spiro atoms. The van der Waals surface area contributed by atoms with Crippen LogP contribution >= 0.6 is 0 Å². The molecule has 3 nitrogen and oxygen atoms in total. The normalized spacial score (nSPS) is 24.0. The van der Waals surface area contributed by atoms with E-state index in [9.17, 15) is 0 Å². The molecule has 1 aromatic rings. The van der Waals surface area contributed by atoms with Crippen molar-refractivity contribution in [3.63, 3.8) is 0 Å². The first kappa shape index (κ1) is 9.04. The molecule has 1 saturated heterocycles. The number of hydrogen-bond acceptors (Lipinski definition) is 3. The Hall–Kier alpha value is -1.53. The van der Waals surface area contributed by atoms with Crippen molar-refractivity contribution in [3.8, 4) is 11.8 Å². The molecule has 1 heterocycles. The number of rotatable bonds is 3. The molecule has 1 fully saturated rings. The van der Waals surface area contributed by atoms with E-state index in [4.69, 9.17) is 14.7 Å². The molecule has 0 aromatic heterocycles. The molecule has 1 atom stereocenters. The smallest absolute Gasteiger partial charge is 0.123 e. The molecule has 1 aliphatic heterocycles. The summed E-state index contributed by atoms with van der Waals surface area (Å²) in [7, 11) is 0. The summed E-state index contributed by atoms with van der Waals surface area (Å²) in [6.07, 6.45) is 0. The first-order chi connectivity index (χ1) is 6.72. The standard InChI is InChI=1S/C11H11NO2/c1-11(8-14-11)7-13-10-4-2-9(6-12)3-5-10/h2-5H,7-8H2,1H3/t11-/m1/s1. The fourth-order valence-corrected chi connectivity index (χ4v) is 1.07. The van der Waals surface area contributed by atoms with Gasteiger partial charge in [0.25, 0.3) is 0 Å². The van der Waals surface area contributed by atoms with Crippen LogP contribution in [-0.4, -0.2) is 18.8 Å². The van der Waals surface area contributed by atoms with Gasteiger partial charge in [0, 0.05) is 0 Å². The number of benzene rings is 1. The van der Waals surface area contributed by atoms with Crippen molar-refractivity contribution in [2.45, 2.75) is 12.5 Å². The molecule has 0 amide bonds. The summed E-state index contributed by atoms with van der Waals surface area (Å²) < 4.78 is 10.7. The Morgan fingerprint density at radius 2 is 2.14 bits per heavy atom. The predicted molar refractivity (Wildman–Crippen MR) is 51.0 cm³/mol. The highest BCUT2D eigenvalue weighted by atomic mass is 16.6. The molecule has 0 N–H and O–H groups in total. The molecule has 0 saturated carbocycles. The van der Waals surface area contributed by atoms with E-state index in [0.717, 1.165) is 12.4 Å². The molecule has 1 aromatic carbocycles. The van der Waals surface area contributed by atoms with E-state index in [1.165, 1.54) is 0 Å². The summed E-state index contributed by atoms with van der Waals surface area (Å²) in [6, 6.07) is 9.13. The summed E-state index contributed by atoms with van der Waals surface area (Å²) in [4.78, 5) is 0. The van der Waals surface area contributed by atoms with Crippen molar-refractivity contribution in [2.24, 2.45) is 0 Å². The van der Waals surface area contributed by atoms with Gasteiger partial charge in [0.1, 0.15) is 18.0 Å². The van der Waals surface area contributed by atoms with Crippen LogP contribution in [0.5, 0.6) is 5.75 Å². The summed E-state index contributed by atoms with van der Waals surface area (Å²) in [5.74, 6) is 0.778. The van der Waals surface area contributed by atoms with Crippen LogP contribution in [0.25, 0.3) is 0 Å². The number of hydrogen-bond donors (Lipinski definition) is 0. The zero-order valence-corrected chi connectivity index (χ0v) is 7.99. The van der Waals surface area contributed by atoms with Crippen molar-refractivity contribution < 1.29 is 9.47 Å². The minimum Gasteiger partial charge on any atom is -0.491 e. The van der Waals surface area contributed by atoms with Crippen LogP contribution in [0.3, 0.4) is 0 Å². The first-order valence-electron chi connectivity index (χ1n) is 4.49. The molecule has 1 aliphatic rings. The highest BCUT2D eigenvalue weighted by Crippen LogP contribution is 2.26. The first-order valence-corrected chi connectivity index (χ1v) is 4.49. The molecular formula is C11H11NO2. The lowest BCUT2D eigenvalue weighted by atomic mass is 10.2. The van der Waals surface area contributed by atoms with Crippen molar-refractivity contribution in [1.82, 2.24) is 0 Å². The monoisotopic (exact) mass is 189 g/mol. The van der Waals surface area contributed by atoms with Crippen molar-refractivity contribution in [2.75, 3.05) is 13.2 Å². The maximum absolute atomic E-state index is 8.59. The average Bonchev–Trinajstić information content (AvgIpc) is 2.95. The van der Waals surface area contributed by atoms with Crippen molar-refractivity contribution in [3.05, 3.63) is 29.8 Å². The number of epoxide rings is 1. The van der Waals surface area contributed by atoms with Gasteiger partial charge in [-0.05, 0) is 31.2 Å². The van der Waals surface area contributed by atoms with E-state index in [1.54, 1.807) is 24.3 Å². The van der Waals surface area contributed by atoms with E-state index >= 15 is 0 Å². The maximum Gasteiger partial charge on any atom is 0.123 e. The third-order valence-electron chi connectivity index (χ3n) is 2.16. The molecule has 72 valence electrons. The third kappa shape index (κ3) is 2.04. The summed E-state index contributed by atoms with van der Waals surface area (Å²) in [6.45, 7) is 3.35. The van der Waals surface area contributed by atoms with E-state index in [2.05, 4.69) is 6.07 Å². The predicted octanol–water partition coefficient (Wildman–Crippen LogP) is 1.73. The van der Waals surface area contributed by atoms with Gasteiger partial charge in [0.15, 0.2) is 0 Å². The Balaban J connectivity index is 1.94. The fourth-order valence-electron chi connectivity index (χ4n) is 1.07. The lowest BCUT2D eigenvalue weighted by Crippen LogP contribution is -2.16. The van der Waals surface area contributed by atoms with Crippen LogP contribution in [0.2, 0.25) is 0 Å². The van der Waals surface area contributed by atoms with Crippen LogP contribution in [0, 0.1) is 11.3 Å². The minimum absolute atomic E-state index is 0.0894.